The van der Waals surface area contributed by atoms with E-state index in [-0.39, 0.29) is 17.2 Å². The van der Waals surface area contributed by atoms with Crippen molar-refractivity contribution in [2.45, 2.75) is 0 Å². The number of carbonyl (C=O) groups is 1. The molecule has 0 saturated heterocycles. The third-order valence-electron chi connectivity index (χ3n) is 3.05. The van der Waals surface area contributed by atoms with Crippen LogP contribution >= 0.6 is 23.2 Å². The van der Waals surface area contributed by atoms with Gasteiger partial charge in [0.25, 0.3) is 5.91 Å². The molecule has 5 nitrogen and oxygen atoms in total. The van der Waals surface area contributed by atoms with Crippen LogP contribution in [0.3, 0.4) is 0 Å². The molecule has 0 radical (unpaired) electrons. The topological polar surface area (TPSA) is 85.9 Å². The first-order valence-corrected chi connectivity index (χ1v) is 7.77. The van der Waals surface area contributed by atoms with Gasteiger partial charge >= 0.3 is 0 Å². The van der Waals surface area contributed by atoms with Crippen LogP contribution < -0.4 is 10.1 Å². The highest BCUT2D eigenvalue weighted by Gasteiger charge is 2.12. The minimum absolute atomic E-state index is 0.110. The van der Waals surface area contributed by atoms with Crippen LogP contribution in [-0.2, 0) is 4.79 Å². The van der Waals surface area contributed by atoms with E-state index < -0.39 is 5.91 Å². The van der Waals surface area contributed by atoms with Crippen molar-refractivity contribution in [3.8, 4) is 17.9 Å². The predicted octanol–water partition coefficient (Wildman–Crippen LogP) is 4.44. The zero-order valence-electron chi connectivity index (χ0n) is 12.8. The number of hydrogen-bond donors (Lipinski definition) is 1. The van der Waals surface area contributed by atoms with Crippen LogP contribution in [0.15, 0.2) is 48.0 Å². The normalized spacial score (nSPS) is 10.5. The molecule has 0 spiro atoms. The van der Waals surface area contributed by atoms with E-state index in [0.717, 1.165) is 0 Å². The van der Waals surface area contributed by atoms with Gasteiger partial charge in [-0.15, -0.1) is 0 Å². The lowest BCUT2D eigenvalue weighted by molar-refractivity contribution is -0.112. The molecule has 0 bridgehead atoms. The highest BCUT2D eigenvalue weighted by atomic mass is 35.5. The Morgan fingerprint density at radius 2 is 1.92 bits per heavy atom. The fourth-order valence-electron chi connectivity index (χ4n) is 1.90. The van der Waals surface area contributed by atoms with Gasteiger partial charge in [-0.2, -0.15) is 10.5 Å². The van der Waals surface area contributed by atoms with E-state index >= 15 is 0 Å². The Kier molecular flexibility index (Phi) is 6.42. The number of nitrogens with zero attached hydrogens (tertiary/aromatic N) is 2. The molecule has 25 heavy (non-hydrogen) atoms. The van der Waals surface area contributed by atoms with Gasteiger partial charge in [0.2, 0.25) is 0 Å². The van der Waals surface area contributed by atoms with Crippen molar-refractivity contribution in [2.75, 3.05) is 11.9 Å². The number of ether oxygens (including phenoxy) is 1. The summed E-state index contributed by atoms with van der Waals surface area (Å²) in [6.45, 7) is -0.126. The average Bonchev–Trinajstić information content (AvgIpc) is 2.60. The Morgan fingerprint density at radius 1 is 1.16 bits per heavy atom. The monoisotopic (exact) mass is 371 g/mol. The molecule has 2 aromatic carbocycles. The summed E-state index contributed by atoms with van der Waals surface area (Å²) in [4.78, 5) is 12.2. The molecule has 0 saturated carbocycles. The second-order valence-corrected chi connectivity index (χ2v) is 5.55. The van der Waals surface area contributed by atoms with E-state index in [2.05, 4.69) is 5.32 Å². The minimum atomic E-state index is -0.587. The number of hydrogen-bond acceptors (Lipinski definition) is 4. The second kappa shape index (κ2) is 8.75. The predicted molar refractivity (Wildman–Crippen MR) is 96.2 cm³/mol. The highest BCUT2D eigenvalue weighted by Crippen LogP contribution is 2.27. The van der Waals surface area contributed by atoms with E-state index in [9.17, 15) is 10.1 Å². The first kappa shape index (κ1) is 18.4. The van der Waals surface area contributed by atoms with E-state index in [1.807, 2.05) is 12.1 Å². The van der Waals surface area contributed by atoms with Crippen LogP contribution in [0.1, 0.15) is 5.56 Å². The summed E-state index contributed by atoms with van der Waals surface area (Å²) in [5.41, 5.74) is 0.843. The molecule has 2 aromatic rings. The van der Waals surface area contributed by atoms with E-state index in [0.29, 0.717) is 22.0 Å². The molecule has 0 aliphatic carbocycles. The fraction of sp³-hybridized carbons (Fsp3) is 0.0556. The molecule has 124 valence electrons. The summed E-state index contributed by atoms with van der Waals surface area (Å²) in [5.74, 6) is -0.240. The van der Waals surface area contributed by atoms with Gasteiger partial charge < -0.3 is 10.1 Å². The van der Waals surface area contributed by atoms with Crippen molar-refractivity contribution in [1.29, 1.82) is 10.5 Å². The molecule has 0 heterocycles. The molecule has 0 atom stereocenters. The van der Waals surface area contributed by atoms with Crippen LogP contribution in [-0.4, -0.2) is 12.5 Å². The molecule has 7 heteroatoms. The molecule has 1 N–H and O–H groups in total. The number of nitrogens with one attached hydrogen (secondary N) is 1. The van der Waals surface area contributed by atoms with Crippen molar-refractivity contribution < 1.29 is 9.53 Å². The fourth-order valence-corrected chi connectivity index (χ4v) is 2.33. The smallest absolute Gasteiger partial charge is 0.266 e. The molecular weight excluding hydrogens is 361 g/mol. The minimum Gasteiger partial charge on any atom is -0.477 e. The van der Waals surface area contributed by atoms with Crippen molar-refractivity contribution >= 4 is 40.9 Å². The quantitative estimate of drug-likeness (QED) is 0.621. The lowest BCUT2D eigenvalue weighted by Gasteiger charge is -2.07. The maximum absolute atomic E-state index is 12.2. The van der Waals surface area contributed by atoms with E-state index in [1.165, 1.54) is 12.1 Å². The first-order chi connectivity index (χ1) is 12.0. The van der Waals surface area contributed by atoms with E-state index in [4.69, 9.17) is 33.2 Å². The largest absolute Gasteiger partial charge is 0.477 e. The van der Waals surface area contributed by atoms with Crippen molar-refractivity contribution in [3.63, 3.8) is 0 Å². The molecule has 2 rings (SSSR count). The number of benzene rings is 2. The number of amides is 1. The Morgan fingerprint density at radius 3 is 2.56 bits per heavy atom. The Balaban J connectivity index is 2.21. The number of carbonyl (C=O) groups excluding carboxylic acids is 1. The summed E-state index contributed by atoms with van der Waals surface area (Å²) in [5, 5.41) is 21.0. The van der Waals surface area contributed by atoms with Crippen molar-refractivity contribution in [1.82, 2.24) is 0 Å². The molecule has 0 fully saturated rings. The SMILES string of the molecule is N#CCOc1ccc(/C=C(\C#N)C(=O)Nc2ccccc2Cl)cc1Cl. The van der Waals surface area contributed by atoms with Crippen LogP contribution in [0.2, 0.25) is 10.0 Å². The highest BCUT2D eigenvalue weighted by molar-refractivity contribution is 6.34. The summed E-state index contributed by atoms with van der Waals surface area (Å²) in [6.07, 6.45) is 1.39. The number of nitriles is 2. The number of para-hydroxylation sites is 1. The van der Waals surface area contributed by atoms with Gasteiger partial charge in [0.1, 0.15) is 23.5 Å². The van der Waals surface area contributed by atoms with Gasteiger partial charge in [0.15, 0.2) is 6.61 Å². The van der Waals surface area contributed by atoms with Gasteiger partial charge in [-0.25, -0.2) is 0 Å². The Hall–Kier alpha value is -2.99. The summed E-state index contributed by atoms with van der Waals surface area (Å²) >= 11 is 12.0. The van der Waals surface area contributed by atoms with Crippen LogP contribution in [0.4, 0.5) is 5.69 Å². The third-order valence-corrected chi connectivity index (χ3v) is 3.67. The summed E-state index contributed by atoms with van der Waals surface area (Å²) < 4.78 is 5.14. The zero-order chi connectivity index (χ0) is 18.2. The molecule has 0 aliphatic heterocycles. The summed E-state index contributed by atoms with van der Waals surface area (Å²) in [6, 6.07) is 15.1. The number of rotatable bonds is 5. The van der Waals surface area contributed by atoms with Gasteiger partial charge in [-0.3, -0.25) is 4.79 Å². The van der Waals surface area contributed by atoms with Gasteiger partial charge in [-0.1, -0.05) is 41.4 Å². The average molecular weight is 372 g/mol. The second-order valence-electron chi connectivity index (χ2n) is 4.74. The molecule has 0 unspecified atom stereocenters. The van der Waals surface area contributed by atoms with E-state index in [1.54, 1.807) is 36.4 Å². The van der Waals surface area contributed by atoms with Crippen molar-refractivity contribution in [2.24, 2.45) is 0 Å². The van der Waals surface area contributed by atoms with Crippen LogP contribution in [0.25, 0.3) is 6.08 Å². The first-order valence-electron chi connectivity index (χ1n) is 7.02. The Labute approximate surface area is 154 Å². The molecule has 0 aromatic heterocycles. The van der Waals surface area contributed by atoms with Gasteiger partial charge in [-0.05, 0) is 35.9 Å². The standard InChI is InChI=1S/C18H11Cl2N3O2/c19-14-3-1-2-4-16(14)23-18(24)13(11-22)9-12-5-6-17(15(20)10-12)25-8-7-21/h1-6,9-10H,8H2,(H,23,24)/b13-9+. The lowest BCUT2D eigenvalue weighted by atomic mass is 10.1. The molecule has 1 amide bonds. The Bertz CT molecular complexity index is 911. The maximum Gasteiger partial charge on any atom is 0.266 e. The zero-order valence-corrected chi connectivity index (χ0v) is 14.3. The molecule has 0 aliphatic rings. The summed E-state index contributed by atoms with van der Waals surface area (Å²) in [7, 11) is 0. The van der Waals surface area contributed by atoms with Crippen molar-refractivity contribution in [3.05, 3.63) is 63.6 Å². The number of anilines is 1. The van der Waals surface area contributed by atoms with Crippen LogP contribution in [0, 0.1) is 22.7 Å². The van der Waals surface area contributed by atoms with Gasteiger partial charge in [0.05, 0.1) is 15.7 Å². The number of halogens is 2. The van der Waals surface area contributed by atoms with Crippen LogP contribution in [0.5, 0.6) is 5.75 Å². The third kappa shape index (κ3) is 4.99. The van der Waals surface area contributed by atoms with Gasteiger partial charge in [0, 0.05) is 0 Å². The maximum atomic E-state index is 12.2. The lowest BCUT2D eigenvalue weighted by Crippen LogP contribution is -2.13. The molecular formula is C18H11Cl2N3O2.